The van der Waals surface area contributed by atoms with Gasteiger partial charge in [-0.15, -0.1) is 11.8 Å². The van der Waals surface area contributed by atoms with Crippen LogP contribution >= 0.6 is 11.8 Å². The monoisotopic (exact) mass is 444 g/mol. The Bertz CT molecular complexity index is 954. The van der Waals surface area contributed by atoms with Gasteiger partial charge in [0.15, 0.2) is 0 Å². The molecule has 1 unspecified atom stereocenters. The number of ether oxygens (including phenoxy) is 2. The molecule has 0 aliphatic heterocycles. The Morgan fingerprint density at radius 2 is 1.68 bits per heavy atom. The first-order valence-electron chi connectivity index (χ1n) is 9.37. The van der Waals surface area contributed by atoms with Crippen LogP contribution in [0.25, 0.3) is 0 Å². The molecule has 2 amide bonds. The van der Waals surface area contributed by atoms with E-state index in [1.165, 1.54) is 26.0 Å². The highest BCUT2D eigenvalue weighted by atomic mass is 32.2. The summed E-state index contributed by atoms with van der Waals surface area (Å²) in [6, 6.07) is 12.1. The van der Waals surface area contributed by atoms with Gasteiger partial charge in [0.25, 0.3) is 0 Å². The second-order valence-corrected chi connectivity index (χ2v) is 7.57. The van der Waals surface area contributed by atoms with Crippen LogP contribution in [0.1, 0.15) is 13.3 Å². The number of anilines is 2. The van der Waals surface area contributed by atoms with Crippen LogP contribution in [0.5, 0.6) is 11.5 Å². The van der Waals surface area contributed by atoms with E-state index < -0.39 is 11.9 Å². The van der Waals surface area contributed by atoms with Gasteiger partial charge in [-0.2, -0.15) is 0 Å². The summed E-state index contributed by atoms with van der Waals surface area (Å²) in [5, 5.41) is 13.7. The minimum absolute atomic E-state index is 0.179. The lowest BCUT2D eigenvalue weighted by atomic mass is 10.2. The Morgan fingerprint density at radius 1 is 1.00 bits per heavy atom. The molecule has 0 radical (unpaired) electrons. The number of rotatable bonds is 10. The van der Waals surface area contributed by atoms with Gasteiger partial charge in [0.1, 0.15) is 11.5 Å². The van der Waals surface area contributed by atoms with Crippen molar-refractivity contribution in [1.29, 1.82) is 0 Å². The summed E-state index contributed by atoms with van der Waals surface area (Å²) in [5.74, 6) is -0.806. The summed E-state index contributed by atoms with van der Waals surface area (Å²) in [5.41, 5.74) is 1.06. The minimum Gasteiger partial charge on any atom is -0.497 e. The predicted octanol–water partition coefficient (Wildman–Crippen LogP) is 3.79. The topological polar surface area (TPSA) is 114 Å². The Labute approximate surface area is 184 Å². The van der Waals surface area contributed by atoms with Crippen LogP contribution in [0.4, 0.5) is 11.4 Å². The number of hydrogen-bond donors (Lipinski definition) is 3. The van der Waals surface area contributed by atoms with E-state index >= 15 is 0 Å². The molecule has 8 nitrogen and oxygen atoms in total. The van der Waals surface area contributed by atoms with Gasteiger partial charge in [-0.25, -0.2) is 4.79 Å². The standard InChI is InChI=1S/C22H24N2O6S/c1-4-19(22(28)24-15-10-16(29-2)13-17(11-15)30-3)31-18-7-5-6-14(12-18)23-20(25)8-9-21(26)27/h5-13,19H,4H2,1-3H3,(H,23,25)(H,24,28)(H,26,27)/b9-8+. The third kappa shape index (κ3) is 7.71. The highest BCUT2D eigenvalue weighted by Crippen LogP contribution is 2.30. The zero-order valence-electron chi connectivity index (χ0n) is 17.4. The zero-order chi connectivity index (χ0) is 22.8. The molecule has 9 heteroatoms. The summed E-state index contributed by atoms with van der Waals surface area (Å²) in [7, 11) is 3.07. The lowest BCUT2D eigenvalue weighted by molar-refractivity contribution is -0.131. The van der Waals surface area contributed by atoms with E-state index in [0.717, 1.165) is 17.0 Å². The Morgan fingerprint density at radius 3 is 2.26 bits per heavy atom. The number of carbonyl (C=O) groups is 3. The Hall–Kier alpha value is -3.46. The molecule has 0 aromatic heterocycles. The van der Waals surface area contributed by atoms with Crippen molar-refractivity contribution in [2.24, 2.45) is 0 Å². The molecular weight excluding hydrogens is 420 g/mol. The molecule has 164 valence electrons. The number of hydrogen-bond acceptors (Lipinski definition) is 6. The van der Waals surface area contributed by atoms with Crippen molar-refractivity contribution < 1.29 is 29.0 Å². The molecule has 0 saturated carbocycles. The van der Waals surface area contributed by atoms with Crippen LogP contribution < -0.4 is 20.1 Å². The maximum absolute atomic E-state index is 12.8. The molecule has 2 rings (SSSR count). The fourth-order valence-corrected chi connectivity index (χ4v) is 3.58. The van der Waals surface area contributed by atoms with Crippen molar-refractivity contribution >= 4 is 40.9 Å². The molecule has 2 aromatic rings. The number of nitrogens with one attached hydrogen (secondary N) is 2. The molecule has 0 aliphatic carbocycles. The molecule has 0 aliphatic rings. The van der Waals surface area contributed by atoms with E-state index in [2.05, 4.69) is 10.6 Å². The molecular formula is C22H24N2O6S. The van der Waals surface area contributed by atoms with Gasteiger partial charge >= 0.3 is 5.97 Å². The van der Waals surface area contributed by atoms with E-state index in [9.17, 15) is 14.4 Å². The molecule has 0 fully saturated rings. The maximum atomic E-state index is 12.8. The molecule has 2 aromatic carbocycles. The third-order valence-electron chi connectivity index (χ3n) is 4.04. The van der Waals surface area contributed by atoms with Gasteiger partial charge in [0.05, 0.1) is 19.5 Å². The van der Waals surface area contributed by atoms with Crippen LogP contribution in [0, 0.1) is 0 Å². The fraction of sp³-hybridized carbons (Fsp3) is 0.227. The van der Waals surface area contributed by atoms with Crippen LogP contribution in [0.15, 0.2) is 59.5 Å². The highest BCUT2D eigenvalue weighted by molar-refractivity contribution is 8.00. The number of methoxy groups -OCH3 is 2. The van der Waals surface area contributed by atoms with Crippen molar-refractivity contribution in [3.8, 4) is 11.5 Å². The summed E-state index contributed by atoms with van der Waals surface area (Å²) in [6.45, 7) is 1.91. The normalized spacial score (nSPS) is 11.6. The maximum Gasteiger partial charge on any atom is 0.328 e. The van der Waals surface area contributed by atoms with Gasteiger partial charge < -0.3 is 25.2 Å². The van der Waals surface area contributed by atoms with Crippen molar-refractivity contribution in [2.45, 2.75) is 23.5 Å². The number of amides is 2. The second-order valence-electron chi connectivity index (χ2n) is 6.29. The second kappa shape index (κ2) is 11.7. The number of benzene rings is 2. The molecule has 1 atom stereocenters. The number of thioether (sulfide) groups is 1. The van der Waals surface area contributed by atoms with E-state index in [1.807, 2.05) is 13.0 Å². The Kier molecular flexibility index (Phi) is 8.95. The smallest absolute Gasteiger partial charge is 0.328 e. The first kappa shape index (κ1) is 23.8. The summed E-state index contributed by atoms with van der Waals surface area (Å²) in [4.78, 5) is 35.9. The van der Waals surface area contributed by atoms with Gasteiger partial charge in [-0.3, -0.25) is 9.59 Å². The molecule has 0 saturated heterocycles. The quantitative estimate of drug-likeness (QED) is 0.377. The summed E-state index contributed by atoms with van der Waals surface area (Å²) >= 11 is 1.36. The van der Waals surface area contributed by atoms with Crippen molar-refractivity contribution in [2.75, 3.05) is 24.9 Å². The number of carbonyl (C=O) groups excluding carboxylic acids is 2. The molecule has 3 N–H and O–H groups in total. The van der Waals surface area contributed by atoms with E-state index in [-0.39, 0.29) is 11.2 Å². The fourth-order valence-electron chi connectivity index (χ4n) is 2.57. The highest BCUT2D eigenvalue weighted by Gasteiger charge is 2.19. The Balaban J connectivity index is 2.08. The van der Waals surface area contributed by atoms with Gasteiger partial charge in [0.2, 0.25) is 11.8 Å². The molecule has 31 heavy (non-hydrogen) atoms. The van der Waals surface area contributed by atoms with E-state index in [1.54, 1.807) is 36.4 Å². The van der Waals surface area contributed by atoms with Gasteiger partial charge in [-0.1, -0.05) is 13.0 Å². The average molecular weight is 445 g/mol. The predicted molar refractivity (Wildman–Crippen MR) is 120 cm³/mol. The zero-order valence-corrected chi connectivity index (χ0v) is 18.2. The largest absolute Gasteiger partial charge is 0.497 e. The average Bonchev–Trinajstić information content (AvgIpc) is 2.75. The summed E-state index contributed by atoms with van der Waals surface area (Å²) in [6.07, 6.45) is 2.28. The van der Waals surface area contributed by atoms with Crippen molar-refractivity contribution in [1.82, 2.24) is 0 Å². The van der Waals surface area contributed by atoms with Crippen LogP contribution in [-0.2, 0) is 14.4 Å². The van der Waals surface area contributed by atoms with Crippen molar-refractivity contribution in [3.63, 3.8) is 0 Å². The van der Waals surface area contributed by atoms with Crippen LogP contribution in [0.2, 0.25) is 0 Å². The minimum atomic E-state index is -1.20. The van der Waals surface area contributed by atoms with Gasteiger partial charge in [-0.05, 0) is 24.6 Å². The number of carboxylic acid groups (broad SMARTS) is 1. The molecule has 0 heterocycles. The van der Waals surface area contributed by atoms with Crippen LogP contribution in [0.3, 0.4) is 0 Å². The first-order chi connectivity index (χ1) is 14.8. The number of carboxylic acids is 1. The van der Waals surface area contributed by atoms with Gasteiger partial charge in [0, 0.05) is 46.6 Å². The lowest BCUT2D eigenvalue weighted by Gasteiger charge is -2.16. The SMILES string of the molecule is CCC(Sc1cccc(NC(=O)/C=C/C(=O)O)c1)C(=O)Nc1cc(OC)cc(OC)c1. The van der Waals surface area contributed by atoms with E-state index in [4.69, 9.17) is 14.6 Å². The molecule has 0 bridgehead atoms. The molecule has 0 spiro atoms. The van der Waals surface area contributed by atoms with E-state index in [0.29, 0.717) is 29.3 Å². The third-order valence-corrected chi connectivity index (χ3v) is 5.40. The first-order valence-corrected chi connectivity index (χ1v) is 10.2. The number of aliphatic carboxylic acids is 1. The van der Waals surface area contributed by atoms with Crippen LogP contribution in [-0.4, -0.2) is 42.4 Å². The lowest BCUT2D eigenvalue weighted by Crippen LogP contribution is -2.24. The van der Waals surface area contributed by atoms with Crippen molar-refractivity contribution in [3.05, 3.63) is 54.6 Å². The summed E-state index contributed by atoms with van der Waals surface area (Å²) < 4.78 is 10.5.